The Bertz CT molecular complexity index is 905. The number of carbonyl (C=O) groups is 3. The SMILES string of the molecule is CCC(C)NC(=O)C(NC(=O)c1cccs1)C1CCN(C(=O)c2cccc(C)c2)CC1. The summed E-state index contributed by atoms with van der Waals surface area (Å²) in [7, 11) is 0. The van der Waals surface area contributed by atoms with Crippen molar-refractivity contribution in [1.82, 2.24) is 15.5 Å². The van der Waals surface area contributed by atoms with E-state index in [1.165, 1.54) is 11.3 Å². The Labute approximate surface area is 188 Å². The van der Waals surface area contributed by atoms with E-state index >= 15 is 0 Å². The Balaban J connectivity index is 1.67. The maximum absolute atomic E-state index is 13.0. The fourth-order valence-corrected chi connectivity index (χ4v) is 4.48. The summed E-state index contributed by atoms with van der Waals surface area (Å²) in [6, 6.07) is 10.6. The summed E-state index contributed by atoms with van der Waals surface area (Å²) in [6.45, 7) is 7.08. The first-order valence-electron chi connectivity index (χ1n) is 10.9. The second-order valence-electron chi connectivity index (χ2n) is 8.25. The summed E-state index contributed by atoms with van der Waals surface area (Å²) in [5.74, 6) is -0.375. The maximum atomic E-state index is 13.0. The monoisotopic (exact) mass is 441 g/mol. The van der Waals surface area contributed by atoms with Gasteiger partial charge in [-0.1, -0.05) is 30.7 Å². The Morgan fingerprint density at radius 3 is 2.48 bits per heavy atom. The number of carbonyl (C=O) groups excluding carboxylic acids is 3. The van der Waals surface area contributed by atoms with E-state index in [-0.39, 0.29) is 29.7 Å². The molecule has 1 aromatic heterocycles. The van der Waals surface area contributed by atoms with Crippen molar-refractivity contribution in [2.24, 2.45) is 5.92 Å². The summed E-state index contributed by atoms with van der Waals surface area (Å²) >= 11 is 1.36. The number of hydrogen-bond donors (Lipinski definition) is 2. The van der Waals surface area contributed by atoms with Gasteiger partial charge in [0, 0.05) is 24.7 Å². The predicted octanol–water partition coefficient (Wildman–Crippen LogP) is 3.62. The lowest BCUT2D eigenvalue weighted by atomic mass is 9.88. The first-order valence-corrected chi connectivity index (χ1v) is 11.8. The van der Waals surface area contributed by atoms with E-state index in [1.54, 1.807) is 6.07 Å². The molecule has 1 aliphatic rings. The molecular formula is C24H31N3O3S. The van der Waals surface area contributed by atoms with Crippen molar-refractivity contribution >= 4 is 29.1 Å². The molecule has 0 saturated carbocycles. The van der Waals surface area contributed by atoms with Gasteiger partial charge in [0.2, 0.25) is 5.91 Å². The van der Waals surface area contributed by atoms with Gasteiger partial charge < -0.3 is 15.5 Å². The molecule has 2 N–H and O–H groups in total. The average Bonchev–Trinajstić information content (AvgIpc) is 3.32. The minimum absolute atomic E-state index is 0.0189. The van der Waals surface area contributed by atoms with Crippen LogP contribution in [0.4, 0.5) is 0 Å². The van der Waals surface area contributed by atoms with Crippen molar-refractivity contribution in [1.29, 1.82) is 0 Å². The van der Waals surface area contributed by atoms with Crippen LogP contribution >= 0.6 is 11.3 Å². The van der Waals surface area contributed by atoms with E-state index in [4.69, 9.17) is 0 Å². The number of nitrogens with one attached hydrogen (secondary N) is 2. The molecule has 0 spiro atoms. The highest BCUT2D eigenvalue weighted by molar-refractivity contribution is 7.12. The molecule has 1 saturated heterocycles. The fraction of sp³-hybridized carbons (Fsp3) is 0.458. The number of thiophene rings is 1. The Morgan fingerprint density at radius 2 is 1.87 bits per heavy atom. The molecule has 1 aromatic carbocycles. The van der Waals surface area contributed by atoms with Gasteiger partial charge in [0.05, 0.1) is 4.88 Å². The molecule has 0 bridgehead atoms. The average molecular weight is 442 g/mol. The van der Waals surface area contributed by atoms with Crippen molar-refractivity contribution in [3.05, 3.63) is 57.8 Å². The molecule has 1 fully saturated rings. The predicted molar refractivity (Wildman–Crippen MR) is 123 cm³/mol. The molecule has 2 unspecified atom stereocenters. The molecule has 2 heterocycles. The minimum Gasteiger partial charge on any atom is -0.352 e. The largest absolute Gasteiger partial charge is 0.352 e. The molecule has 31 heavy (non-hydrogen) atoms. The lowest BCUT2D eigenvalue weighted by Crippen LogP contribution is -2.55. The maximum Gasteiger partial charge on any atom is 0.262 e. The lowest BCUT2D eigenvalue weighted by Gasteiger charge is -2.36. The molecule has 3 amide bonds. The highest BCUT2D eigenvalue weighted by Crippen LogP contribution is 2.23. The third-order valence-electron chi connectivity index (χ3n) is 5.88. The molecule has 7 heteroatoms. The fourth-order valence-electron chi connectivity index (χ4n) is 3.85. The van der Waals surface area contributed by atoms with Crippen molar-refractivity contribution in [2.45, 2.75) is 52.1 Å². The van der Waals surface area contributed by atoms with Crippen LogP contribution in [-0.4, -0.2) is 47.8 Å². The molecule has 3 rings (SSSR count). The summed E-state index contributed by atoms with van der Waals surface area (Å²) in [5.41, 5.74) is 1.74. The van der Waals surface area contributed by atoms with Crippen LogP contribution in [0.15, 0.2) is 41.8 Å². The van der Waals surface area contributed by atoms with Crippen molar-refractivity contribution in [3.63, 3.8) is 0 Å². The molecular weight excluding hydrogens is 410 g/mol. The number of piperidine rings is 1. The number of rotatable bonds is 7. The van der Waals surface area contributed by atoms with Gasteiger partial charge >= 0.3 is 0 Å². The number of amides is 3. The zero-order valence-corrected chi connectivity index (χ0v) is 19.2. The number of benzene rings is 1. The summed E-state index contributed by atoms with van der Waals surface area (Å²) < 4.78 is 0. The van der Waals surface area contributed by atoms with Gasteiger partial charge in [-0.15, -0.1) is 11.3 Å². The number of likely N-dealkylation sites (tertiary alicyclic amines) is 1. The summed E-state index contributed by atoms with van der Waals surface area (Å²) in [6.07, 6.45) is 2.16. The second-order valence-corrected chi connectivity index (χ2v) is 9.19. The number of nitrogens with zero attached hydrogens (tertiary/aromatic N) is 1. The van der Waals surface area contributed by atoms with Crippen LogP contribution in [0.5, 0.6) is 0 Å². The highest BCUT2D eigenvalue weighted by atomic mass is 32.1. The summed E-state index contributed by atoms with van der Waals surface area (Å²) in [5, 5.41) is 7.82. The zero-order valence-electron chi connectivity index (χ0n) is 18.4. The van der Waals surface area contributed by atoms with E-state index in [1.807, 2.05) is 61.4 Å². The summed E-state index contributed by atoms with van der Waals surface area (Å²) in [4.78, 5) is 40.9. The van der Waals surface area contributed by atoms with Crippen molar-refractivity contribution < 1.29 is 14.4 Å². The second kappa shape index (κ2) is 10.6. The van der Waals surface area contributed by atoms with E-state index in [0.29, 0.717) is 36.4 Å². The van der Waals surface area contributed by atoms with E-state index in [2.05, 4.69) is 10.6 Å². The topological polar surface area (TPSA) is 78.5 Å². The van der Waals surface area contributed by atoms with E-state index in [0.717, 1.165) is 12.0 Å². The van der Waals surface area contributed by atoms with Gasteiger partial charge in [0.15, 0.2) is 0 Å². The van der Waals surface area contributed by atoms with Crippen LogP contribution in [0.3, 0.4) is 0 Å². The van der Waals surface area contributed by atoms with E-state index < -0.39 is 6.04 Å². The van der Waals surface area contributed by atoms with Crippen molar-refractivity contribution in [3.8, 4) is 0 Å². The van der Waals surface area contributed by atoms with E-state index in [9.17, 15) is 14.4 Å². The molecule has 0 radical (unpaired) electrons. The molecule has 2 aromatic rings. The van der Waals surface area contributed by atoms with Gasteiger partial charge in [-0.3, -0.25) is 14.4 Å². The Morgan fingerprint density at radius 1 is 1.13 bits per heavy atom. The van der Waals surface area contributed by atoms with Crippen molar-refractivity contribution in [2.75, 3.05) is 13.1 Å². The molecule has 1 aliphatic heterocycles. The van der Waals surface area contributed by atoms with Crippen LogP contribution in [-0.2, 0) is 4.79 Å². The van der Waals surface area contributed by atoms with Gasteiger partial charge in [0.25, 0.3) is 11.8 Å². The van der Waals surface area contributed by atoms with Crippen LogP contribution in [0.1, 0.15) is 58.7 Å². The molecule has 0 aliphatic carbocycles. The van der Waals surface area contributed by atoms with Gasteiger partial charge in [-0.25, -0.2) is 0 Å². The highest BCUT2D eigenvalue weighted by Gasteiger charge is 2.34. The van der Waals surface area contributed by atoms with Crippen LogP contribution < -0.4 is 10.6 Å². The Kier molecular flexibility index (Phi) is 7.85. The normalized spacial score (nSPS) is 16.4. The zero-order chi connectivity index (χ0) is 22.4. The molecule has 2 atom stereocenters. The molecule has 6 nitrogen and oxygen atoms in total. The third-order valence-corrected chi connectivity index (χ3v) is 6.75. The standard InChI is InChI=1S/C24H31N3O3S/c1-4-17(3)25-23(29)21(26-22(28)20-9-6-14-31-20)18-10-12-27(13-11-18)24(30)19-8-5-7-16(2)15-19/h5-9,14-15,17-18,21H,4,10-13H2,1-3H3,(H,25,29)(H,26,28). The van der Waals surface area contributed by atoms with Gasteiger partial charge in [-0.05, 0) is 62.6 Å². The van der Waals surface area contributed by atoms with Gasteiger partial charge in [0.1, 0.15) is 6.04 Å². The lowest BCUT2D eigenvalue weighted by molar-refractivity contribution is -0.125. The number of hydrogen-bond acceptors (Lipinski definition) is 4. The van der Waals surface area contributed by atoms with Crippen LogP contribution in [0.25, 0.3) is 0 Å². The molecule has 166 valence electrons. The third kappa shape index (κ3) is 5.94. The first kappa shape index (κ1) is 23.0. The smallest absolute Gasteiger partial charge is 0.262 e. The quantitative estimate of drug-likeness (QED) is 0.689. The first-order chi connectivity index (χ1) is 14.9. The van der Waals surface area contributed by atoms with Crippen LogP contribution in [0, 0.1) is 12.8 Å². The Hall–Kier alpha value is -2.67. The van der Waals surface area contributed by atoms with Crippen LogP contribution in [0.2, 0.25) is 0 Å². The number of aryl methyl sites for hydroxylation is 1. The van der Waals surface area contributed by atoms with Gasteiger partial charge in [-0.2, -0.15) is 0 Å². The minimum atomic E-state index is -0.611.